The minimum absolute atomic E-state index is 0.229. The number of phosphoric ester groups is 1. The quantitative estimate of drug-likeness (QED) is 0.587. The fourth-order valence-electron chi connectivity index (χ4n) is 2.51. The van der Waals surface area contributed by atoms with E-state index < -0.39 is 53.8 Å². The van der Waals surface area contributed by atoms with Gasteiger partial charge in [-0.3, -0.25) is 27.9 Å². The average Bonchev–Trinajstić information content (AvgIpc) is 2.73. The molecule has 140 valence electrons. The van der Waals surface area contributed by atoms with Crippen molar-refractivity contribution in [2.45, 2.75) is 42.7 Å². The Morgan fingerprint density at radius 3 is 2.80 bits per heavy atom. The van der Waals surface area contributed by atoms with Crippen molar-refractivity contribution in [3.05, 3.63) is 32.9 Å². The minimum atomic E-state index is -3.93. The van der Waals surface area contributed by atoms with Crippen molar-refractivity contribution in [3.8, 4) is 0 Å². The fourth-order valence-corrected chi connectivity index (χ4v) is 4.92. The van der Waals surface area contributed by atoms with Crippen molar-refractivity contribution in [3.63, 3.8) is 0 Å². The zero-order valence-electron chi connectivity index (χ0n) is 13.0. The van der Waals surface area contributed by atoms with Crippen molar-refractivity contribution < 1.29 is 27.3 Å². The SMILES string of the molecule is CC(C)OP1(=O)OCC2OC(n3cc(F)c(=O)[nH]c3=O)C(Cl)(Cl)C2O1. The first kappa shape index (κ1) is 19.0. The molecular formula is C12H14Cl2FN2O7P. The van der Waals surface area contributed by atoms with Gasteiger partial charge in [0.05, 0.1) is 18.9 Å². The third kappa shape index (κ3) is 3.44. The molecule has 3 heterocycles. The molecule has 2 aliphatic rings. The van der Waals surface area contributed by atoms with E-state index in [1.54, 1.807) is 18.8 Å². The second-order valence-corrected chi connectivity index (χ2v) is 8.79. The summed E-state index contributed by atoms with van der Waals surface area (Å²) in [7, 11) is -3.93. The summed E-state index contributed by atoms with van der Waals surface area (Å²) in [5, 5.41) is 0. The fraction of sp³-hybridized carbons (Fsp3) is 0.667. The summed E-state index contributed by atoms with van der Waals surface area (Å²) in [6, 6.07) is 0. The Labute approximate surface area is 150 Å². The van der Waals surface area contributed by atoms with Crippen molar-refractivity contribution in [1.29, 1.82) is 0 Å². The van der Waals surface area contributed by atoms with E-state index in [-0.39, 0.29) is 6.61 Å². The first-order valence-corrected chi connectivity index (χ1v) is 9.41. The molecule has 0 aromatic carbocycles. The molecule has 2 saturated heterocycles. The molecule has 9 nitrogen and oxygen atoms in total. The molecule has 4 atom stereocenters. The van der Waals surface area contributed by atoms with Crippen LogP contribution in [0.1, 0.15) is 20.1 Å². The molecule has 0 bridgehead atoms. The van der Waals surface area contributed by atoms with Crippen LogP contribution >= 0.6 is 31.0 Å². The van der Waals surface area contributed by atoms with Crippen LogP contribution in [0.5, 0.6) is 0 Å². The number of nitrogens with one attached hydrogen (secondary N) is 1. The van der Waals surface area contributed by atoms with Crippen LogP contribution in [-0.4, -0.2) is 38.8 Å². The summed E-state index contributed by atoms with van der Waals surface area (Å²) >= 11 is 12.6. The number of fused-ring (bicyclic) bond motifs is 1. The Morgan fingerprint density at radius 1 is 1.48 bits per heavy atom. The average molecular weight is 419 g/mol. The maximum Gasteiger partial charge on any atom is 0.475 e. The lowest BCUT2D eigenvalue weighted by Gasteiger charge is -2.33. The normalized spacial score (nSPS) is 34.2. The maximum atomic E-state index is 13.5. The largest absolute Gasteiger partial charge is 0.475 e. The Balaban J connectivity index is 1.94. The number of nitrogens with zero attached hydrogens (tertiary/aromatic N) is 1. The standard InChI is InChI=1S/C12H14Cl2FN2O7P/c1-5(2)23-25(20)21-4-7-8(24-25)12(13,14)10(22-7)17-3-6(15)9(18)16-11(17)19/h3,5,7-8,10H,4H2,1-2H3,(H,16,18,19). The summed E-state index contributed by atoms with van der Waals surface area (Å²) in [6.07, 6.45) is -3.33. The molecule has 25 heavy (non-hydrogen) atoms. The van der Waals surface area contributed by atoms with Crippen LogP contribution in [0.2, 0.25) is 0 Å². The first-order valence-electron chi connectivity index (χ1n) is 7.19. The topological polar surface area (TPSA) is 109 Å². The molecule has 1 aromatic heterocycles. The molecule has 1 aromatic rings. The van der Waals surface area contributed by atoms with E-state index in [4.69, 9.17) is 41.5 Å². The van der Waals surface area contributed by atoms with Gasteiger partial charge < -0.3 is 4.74 Å². The second kappa shape index (κ2) is 6.45. The van der Waals surface area contributed by atoms with Gasteiger partial charge in [-0.25, -0.2) is 9.36 Å². The van der Waals surface area contributed by atoms with Crippen LogP contribution < -0.4 is 11.2 Å². The number of phosphoric acid groups is 1. The van der Waals surface area contributed by atoms with E-state index in [9.17, 15) is 18.5 Å². The summed E-state index contributed by atoms with van der Waals surface area (Å²) in [4.78, 5) is 24.9. The summed E-state index contributed by atoms with van der Waals surface area (Å²) in [6.45, 7) is 3.03. The molecule has 13 heteroatoms. The molecule has 2 aliphatic heterocycles. The van der Waals surface area contributed by atoms with Gasteiger partial charge in [-0.15, -0.1) is 0 Å². The Bertz CT molecular complexity index is 841. The van der Waals surface area contributed by atoms with E-state index in [1.807, 2.05) is 0 Å². The number of hydrogen-bond donors (Lipinski definition) is 1. The predicted molar refractivity (Wildman–Crippen MR) is 84.3 cm³/mol. The third-order valence-electron chi connectivity index (χ3n) is 3.51. The molecule has 0 aliphatic carbocycles. The summed E-state index contributed by atoms with van der Waals surface area (Å²) in [5.74, 6) is -1.23. The highest BCUT2D eigenvalue weighted by Crippen LogP contribution is 2.61. The Morgan fingerprint density at radius 2 is 2.16 bits per heavy atom. The van der Waals surface area contributed by atoms with E-state index >= 15 is 0 Å². The van der Waals surface area contributed by atoms with Gasteiger partial charge in [0.1, 0.15) is 12.2 Å². The van der Waals surface area contributed by atoms with Crippen LogP contribution in [0.25, 0.3) is 0 Å². The number of ether oxygens (including phenoxy) is 1. The molecule has 2 fully saturated rings. The van der Waals surface area contributed by atoms with Crippen molar-refractivity contribution in [2.75, 3.05) is 6.61 Å². The van der Waals surface area contributed by atoms with E-state index in [2.05, 4.69) is 0 Å². The zero-order chi connectivity index (χ0) is 18.6. The molecule has 0 spiro atoms. The number of halogens is 3. The lowest BCUT2D eigenvalue weighted by Crippen LogP contribution is -2.44. The minimum Gasteiger partial charge on any atom is -0.346 e. The second-order valence-electron chi connectivity index (χ2n) is 5.77. The molecule has 4 unspecified atom stereocenters. The predicted octanol–water partition coefficient (Wildman–Crippen LogP) is 1.70. The molecule has 0 saturated carbocycles. The highest BCUT2D eigenvalue weighted by atomic mass is 35.5. The number of rotatable bonds is 3. The van der Waals surface area contributed by atoms with E-state index in [1.165, 1.54) is 0 Å². The van der Waals surface area contributed by atoms with Crippen LogP contribution in [-0.2, 0) is 22.9 Å². The number of hydrogen-bond acceptors (Lipinski definition) is 7. The van der Waals surface area contributed by atoms with Crippen LogP contribution in [0.4, 0.5) is 4.39 Å². The van der Waals surface area contributed by atoms with Gasteiger partial charge in [-0.2, -0.15) is 4.39 Å². The monoisotopic (exact) mass is 418 g/mol. The lowest BCUT2D eigenvalue weighted by molar-refractivity contribution is -0.0750. The smallest absolute Gasteiger partial charge is 0.346 e. The maximum absolute atomic E-state index is 13.5. The highest BCUT2D eigenvalue weighted by Gasteiger charge is 2.62. The molecule has 3 rings (SSSR count). The van der Waals surface area contributed by atoms with Crippen LogP contribution in [0, 0.1) is 5.82 Å². The van der Waals surface area contributed by atoms with Gasteiger partial charge in [-0.05, 0) is 13.8 Å². The molecule has 0 radical (unpaired) electrons. The van der Waals surface area contributed by atoms with Gasteiger partial charge in [0.15, 0.2) is 10.6 Å². The van der Waals surface area contributed by atoms with Gasteiger partial charge in [0, 0.05) is 0 Å². The van der Waals surface area contributed by atoms with Crippen molar-refractivity contribution in [1.82, 2.24) is 9.55 Å². The lowest BCUT2D eigenvalue weighted by atomic mass is 10.2. The van der Waals surface area contributed by atoms with Gasteiger partial charge in [-0.1, -0.05) is 23.2 Å². The summed E-state index contributed by atoms with van der Waals surface area (Å²) in [5.41, 5.74) is -2.18. The third-order valence-corrected chi connectivity index (χ3v) is 5.94. The molecule has 0 amide bonds. The van der Waals surface area contributed by atoms with Crippen molar-refractivity contribution >= 4 is 31.0 Å². The number of aromatic nitrogens is 2. The van der Waals surface area contributed by atoms with Gasteiger partial charge >= 0.3 is 13.5 Å². The van der Waals surface area contributed by atoms with E-state index in [0.717, 1.165) is 0 Å². The highest BCUT2D eigenvalue weighted by molar-refractivity contribution is 7.48. The van der Waals surface area contributed by atoms with Crippen LogP contribution in [0.15, 0.2) is 15.8 Å². The molecular weight excluding hydrogens is 405 g/mol. The number of alkyl halides is 2. The number of H-pyrrole nitrogens is 1. The molecule has 1 N–H and O–H groups in total. The Kier molecular flexibility index (Phi) is 4.91. The Hall–Kier alpha value is -0.740. The van der Waals surface area contributed by atoms with E-state index in [0.29, 0.717) is 10.8 Å². The van der Waals surface area contributed by atoms with Crippen molar-refractivity contribution in [2.24, 2.45) is 0 Å². The summed E-state index contributed by atoms with van der Waals surface area (Å²) < 4.78 is 45.8. The first-order chi connectivity index (χ1) is 11.5. The van der Waals surface area contributed by atoms with Gasteiger partial charge in [0.25, 0.3) is 5.56 Å². The van der Waals surface area contributed by atoms with Crippen LogP contribution in [0.3, 0.4) is 0 Å². The zero-order valence-corrected chi connectivity index (χ0v) is 15.4. The number of aromatic amines is 1. The van der Waals surface area contributed by atoms with Gasteiger partial charge in [0.2, 0.25) is 5.82 Å².